The largest absolute Gasteiger partial charge is 0.399 e. The lowest BCUT2D eigenvalue weighted by molar-refractivity contribution is 0.339. The predicted molar refractivity (Wildman–Crippen MR) is 73.1 cm³/mol. The molecule has 0 heterocycles. The first kappa shape index (κ1) is 12.4. The molecule has 0 spiro atoms. The number of anilines is 1. The van der Waals surface area contributed by atoms with E-state index in [1.807, 2.05) is 6.07 Å². The zero-order valence-corrected chi connectivity index (χ0v) is 10.9. The van der Waals surface area contributed by atoms with Crippen molar-refractivity contribution in [1.29, 1.82) is 0 Å². The second-order valence-electron chi connectivity index (χ2n) is 4.90. The Balaban J connectivity index is 1.89. The summed E-state index contributed by atoms with van der Waals surface area (Å²) in [6, 6.07) is 6.83. The molecule has 0 fully saturated rings. The summed E-state index contributed by atoms with van der Waals surface area (Å²) in [5.41, 5.74) is 9.56. The fourth-order valence-electron chi connectivity index (χ4n) is 2.44. The van der Waals surface area contributed by atoms with E-state index in [4.69, 9.17) is 5.73 Å². The van der Waals surface area contributed by atoms with Crippen LogP contribution in [-0.4, -0.2) is 31.6 Å². The van der Waals surface area contributed by atoms with E-state index in [-0.39, 0.29) is 0 Å². The minimum atomic E-state index is 0.524. The van der Waals surface area contributed by atoms with Crippen molar-refractivity contribution in [2.75, 3.05) is 32.4 Å². The number of hydrogen-bond acceptors (Lipinski definition) is 3. The molecule has 0 saturated carbocycles. The maximum Gasteiger partial charge on any atom is 0.0326 e. The second kappa shape index (κ2) is 5.52. The van der Waals surface area contributed by atoms with Crippen LogP contribution in [0.3, 0.4) is 0 Å². The van der Waals surface area contributed by atoms with Crippen molar-refractivity contribution in [1.82, 2.24) is 10.2 Å². The van der Waals surface area contributed by atoms with Crippen LogP contribution in [-0.2, 0) is 6.42 Å². The normalized spacial score (nSPS) is 18.6. The Kier molecular flexibility index (Phi) is 4.02. The van der Waals surface area contributed by atoms with Crippen LogP contribution < -0.4 is 11.1 Å². The van der Waals surface area contributed by atoms with Crippen LogP contribution in [0.1, 0.15) is 30.5 Å². The lowest BCUT2D eigenvalue weighted by Gasteiger charge is -2.18. The van der Waals surface area contributed by atoms with Gasteiger partial charge in [0, 0.05) is 24.8 Å². The Labute approximate surface area is 104 Å². The van der Waals surface area contributed by atoms with E-state index in [9.17, 15) is 0 Å². The number of nitrogens with one attached hydrogen (secondary N) is 1. The monoisotopic (exact) mass is 233 g/mol. The summed E-state index contributed by atoms with van der Waals surface area (Å²) in [5, 5.41) is 3.64. The molecular weight excluding hydrogens is 210 g/mol. The molecule has 0 saturated heterocycles. The molecule has 3 heteroatoms. The third-order valence-electron chi connectivity index (χ3n) is 3.67. The number of nitrogens with two attached hydrogens (primary N) is 1. The fourth-order valence-corrected chi connectivity index (χ4v) is 2.44. The van der Waals surface area contributed by atoms with Gasteiger partial charge in [-0.3, -0.25) is 0 Å². The number of benzene rings is 1. The molecular formula is C14H23N3. The van der Waals surface area contributed by atoms with E-state index in [0.29, 0.717) is 6.04 Å². The molecule has 1 atom stereocenters. The molecule has 1 unspecified atom stereocenters. The number of nitrogens with zero attached hydrogens (tertiary/aromatic N) is 1. The Morgan fingerprint density at radius 3 is 3.06 bits per heavy atom. The van der Waals surface area contributed by atoms with Crippen molar-refractivity contribution < 1.29 is 0 Å². The average molecular weight is 233 g/mol. The second-order valence-corrected chi connectivity index (χ2v) is 4.90. The van der Waals surface area contributed by atoms with Crippen molar-refractivity contribution in [3.8, 4) is 0 Å². The number of likely N-dealkylation sites (N-methyl/N-ethyl adjacent to an activating group) is 1. The molecule has 0 amide bonds. The Bertz CT molecular complexity index is 376. The minimum absolute atomic E-state index is 0.524. The third kappa shape index (κ3) is 2.99. The average Bonchev–Trinajstić information content (AvgIpc) is 2.71. The molecule has 0 aromatic heterocycles. The first-order valence-electron chi connectivity index (χ1n) is 6.51. The van der Waals surface area contributed by atoms with Crippen LogP contribution in [0.5, 0.6) is 0 Å². The summed E-state index contributed by atoms with van der Waals surface area (Å²) < 4.78 is 0. The maximum absolute atomic E-state index is 5.81. The SMILES string of the molecule is CCN(C)CCNC1CCc2cc(N)ccc21. The number of aryl methyl sites for hydroxylation is 1. The van der Waals surface area contributed by atoms with Gasteiger partial charge in [0.05, 0.1) is 0 Å². The standard InChI is InChI=1S/C14H23N3/c1-3-17(2)9-8-16-14-7-4-11-10-12(15)5-6-13(11)14/h5-6,10,14,16H,3-4,7-9,15H2,1-2H3. The number of hydrogen-bond donors (Lipinski definition) is 2. The van der Waals surface area contributed by atoms with Gasteiger partial charge >= 0.3 is 0 Å². The quantitative estimate of drug-likeness (QED) is 0.762. The van der Waals surface area contributed by atoms with Crippen molar-refractivity contribution in [2.45, 2.75) is 25.8 Å². The Hall–Kier alpha value is -1.06. The molecule has 94 valence electrons. The van der Waals surface area contributed by atoms with E-state index < -0.39 is 0 Å². The highest BCUT2D eigenvalue weighted by Gasteiger charge is 2.21. The van der Waals surface area contributed by atoms with E-state index in [1.165, 1.54) is 17.5 Å². The maximum atomic E-state index is 5.81. The van der Waals surface area contributed by atoms with Gasteiger partial charge in [0.15, 0.2) is 0 Å². The van der Waals surface area contributed by atoms with Crippen molar-refractivity contribution >= 4 is 5.69 Å². The number of rotatable bonds is 5. The van der Waals surface area contributed by atoms with Gasteiger partial charge in [-0.2, -0.15) is 0 Å². The van der Waals surface area contributed by atoms with Gasteiger partial charge in [-0.25, -0.2) is 0 Å². The molecule has 3 N–H and O–H groups in total. The summed E-state index contributed by atoms with van der Waals surface area (Å²) in [5.74, 6) is 0. The van der Waals surface area contributed by atoms with Gasteiger partial charge < -0.3 is 16.0 Å². The minimum Gasteiger partial charge on any atom is -0.399 e. The lowest BCUT2D eigenvalue weighted by Crippen LogP contribution is -2.30. The first-order chi connectivity index (χ1) is 8.20. The molecule has 0 radical (unpaired) electrons. The topological polar surface area (TPSA) is 41.3 Å². The van der Waals surface area contributed by atoms with Gasteiger partial charge in [0.25, 0.3) is 0 Å². The van der Waals surface area contributed by atoms with Crippen molar-refractivity contribution in [3.63, 3.8) is 0 Å². The van der Waals surface area contributed by atoms with Gasteiger partial charge in [-0.1, -0.05) is 13.0 Å². The molecule has 1 aromatic carbocycles. The van der Waals surface area contributed by atoms with Crippen LogP contribution >= 0.6 is 0 Å². The zero-order valence-electron chi connectivity index (χ0n) is 10.9. The first-order valence-corrected chi connectivity index (χ1v) is 6.51. The van der Waals surface area contributed by atoms with Crippen LogP contribution in [0, 0.1) is 0 Å². The molecule has 1 aliphatic carbocycles. The molecule has 2 rings (SSSR count). The predicted octanol–water partition coefficient (Wildman–Crippen LogP) is 1.80. The number of fused-ring (bicyclic) bond motifs is 1. The van der Waals surface area contributed by atoms with Crippen LogP contribution in [0.25, 0.3) is 0 Å². The van der Waals surface area contributed by atoms with Gasteiger partial charge in [-0.15, -0.1) is 0 Å². The fraction of sp³-hybridized carbons (Fsp3) is 0.571. The van der Waals surface area contributed by atoms with Crippen molar-refractivity contribution in [2.24, 2.45) is 0 Å². The van der Waals surface area contributed by atoms with Gasteiger partial charge in [0.1, 0.15) is 0 Å². The summed E-state index contributed by atoms with van der Waals surface area (Å²) in [7, 11) is 2.16. The zero-order chi connectivity index (χ0) is 12.3. The van der Waals surface area contributed by atoms with E-state index >= 15 is 0 Å². The van der Waals surface area contributed by atoms with Gasteiger partial charge in [0.2, 0.25) is 0 Å². The Morgan fingerprint density at radius 1 is 1.47 bits per heavy atom. The van der Waals surface area contributed by atoms with E-state index in [2.05, 4.69) is 36.3 Å². The molecule has 3 nitrogen and oxygen atoms in total. The highest BCUT2D eigenvalue weighted by atomic mass is 15.1. The highest BCUT2D eigenvalue weighted by molar-refractivity contribution is 5.47. The molecule has 1 aromatic rings. The van der Waals surface area contributed by atoms with E-state index in [1.54, 1.807) is 0 Å². The number of nitrogen functional groups attached to an aromatic ring is 1. The molecule has 0 aliphatic heterocycles. The Morgan fingerprint density at radius 2 is 2.29 bits per heavy atom. The van der Waals surface area contributed by atoms with Gasteiger partial charge in [-0.05, 0) is 49.7 Å². The summed E-state index contributed by atoms with van der Waals surface area (Å²) in [4.78, 5) is 2.33. The summed E-state index contributed by atoms with van der Waals surface area (Å²) >= 11 is 0. The summed E-state index contributed by atoms with van der Waals surface area (Å²) in [6.07, 6.45) is 2.36. The summed E-state index contributed by atoms with van der Waals surface area (Å²) in [6.45, 7) is 5.46. The smallest absolute Gasteiger partial charge is 0.0326 e. The highest BCUT2D eigenvalue weighted by Crippen LogP contribution is 2.31. The molecule has 17 heavy (non-hydrogen) atoms. The van der Waals surface area contributed by atoms with Crippen LogP contribution in [0.4, 0.5) is 5.69 Å². The molecule has 0 bridgehead atoms. The van der Waals surface area contributed by atoms with Crippen LogP contribution in [0.15, 0.2) is 18.2 Å². The lowest BCUT2D eigenvalue weighted by atomic mass is 10.1. The van der Waals surface area contributed by atoms with Crippen molar-refractivity contribution in [3.05, 3.63) is 29.3 Å². The van der Waals surface area contributed by atoms with Crippen LogP contribution in [0.2, 0.25) is 0 Å². The third-order valence-corrected chi connectivity index (χ3v) is 3.67. The van der Waals surface area contributed by atoms with E-state index in [0.717, 1.165) is 31.7 Å². The molecule has 1 aliphatic rings.